The van der Waals surface area contributed by atoms with Crippen LogP contribution in [0.1, 0.15) is 13.0 Å². The van der Waals surface area contributed by atoms with Crippen LogP contribution in [0.5, 0.6) is 0 Å². The van der Waals surface area contributed by atoms with Crippen molar-refractivity contribution in [3.8, 4) is 0 Å². The molecule has 2 rings (SSSR count). The lowest BCUT2D eigenvalue weighted by Crippen LogP contribution is -2.47. The number of amides is 1. The number of benzene rings is 1. The molecule has 3 nitrogen and oxygen atoms in total. The number of carbonyl (C=O) groups excluding carboxylic acids is 1. The highest BCUT2D eigenvalue weighted by Crippen LogP contribution is 2.14. The number of rotatable bonds is 3. The molecule has 0 N–H and O–H groups in total. The first-order valence-corrected chi connectivity index (χ1v) is 6.45. The Bertz CT molecular complexity index is 440. The SMILES string of the molecule is C.C=CC(=O)N1CCN(Cc2cccc(Cl)c2)CC1. The second kappa shape index (κ2) is 7.31. The van der Waals surface area contributed by atoms with Gasteiger partial charge in [-0.3, -0.25) is 9.69 Å². The van der Waals surface area contributed by atoms with Crippen molar-refractivity contribution in [1.29, 1.82) is 0 Å². The van der Waals surface area contributed by atoms with E-state index in [9.17, 15) is 4.79 Å². The van der Waals surface area contributed by atoms with Gasteiger partial charge >= 0.3 is 0 Å². The maximum absolute atomic E-state index is 11.4. The third kappa shape index (κ3) is 4.37. The van der Waals surface area contributed by atoms with Gasteiger partial charge in [-0.25, -0.2) is 0 Å². The Morgan fingerprint density at radius 1 is 1.32 bits per heavy atom. The van der Waals surface area contributed by atoms with Crippen LogP contribution in [-0.4, -0.2) is 41.9 Å². The largest absolute Gasteiger partial charge is 0.337 e. The molecule has 0 unspecified atom stereocenters. The summed E-state index contributed by atoms with van der Waals surface area (Å²) < 4.78 is 0. The number of nitrogens with zero attached hydrogens (tertiary/aromatic N) is 2. The molecule has 104 valence electrons. The van der Waals surface area contributed by atoms with E-state index >= 15 is 0 Å². The fraction of sp³-hybridized carbons (Fsp3) is 0.400. The van der Waals surface area contributed by atoms with Crippen LogP contribution in [0.3, 0.4) is 0 Å². The molecule has 1 aliphatic heterocycles. The Kier molecular flexibility index (Phi) is 6.06. The smallest absolute Gasteiger partial charge is 0.246 e. The van der Waals surface area contributed by atoms with Gasteiger partial charge in [0, 0.05) is 37.7 Å². The molecule has 0 atom stereocenters. The topological polar surface area (TPSA) is 23.6 Å². The molecule has 4 heteroatoms. The maximum atomic E-state index is 11.4. The summed E-state index contributed by atoms with van der Waals surface area (Å²) in [6.45, 7) is 7.73. The van der Waals surface area contributed by atoms with E-state index in [0.29, 0.717) is 0 Å². The molecule has 1 saturated heterocycles. The summed E-state index contributed by atoms with van der Waals surface area (Å²) in [5.74, 6) is 0.0254. The van der Waals surface area contributed by atoms with Crippen LogP contribution in [0.2, 0.25) is 5.02 Å². The van der Waals surface area contributed by atoms with E-state index in [1.165, 1.54) is 11.6 Å². The second-order valence-corrected chi connectivity index (χ2v) is 4.87. The predicted molar refractivity (Wildman–Crippen MR) is 80.2 cm³/mol. The van der Waals surface area contributed by atoms with Crippen LogP contribution in [0.4, 0.5) is 0 Å². The van der Waals surface area contributed by atoms with E-state index in [-0.39, 0.29) is 13.3 Å². The molecular weight excluding hydrogens is 260 g/mol. The van der Waals surface area contributed by atoms with Gasteiger partial charge in [0.05, 0.1) is 0 Å². The molecule has 0 aliphatic carbocycles. The number of carbonyl (C=O) groups is 1. The Hall–Kier alpha value is -1.32. The third-order valence-corrected chi connectivity index (χ3v) is 3.39. The molecule has 1 aromatic rings. The number of piperazine rings is 1. The van der Waals surface area contributed by atoms with Gasteiger partial charge in [-0.1, -0.05) is 37.7 Å². The predicted octanol–water partition coefficient (Wildman–Crippen LogP) is 2.81. The summed E-state index contributed by atoms with van der Waals surface area (Å²) in [7, 11) is 0. The van der Waals surface area contributed by atoms with E-state index in [0.717, 1.165) is 37.7 Å². The van der Waals surface area contributed by atoms with Crippen LogP contribution in [0.15, 0.2) is 36.9 Å². The van der Waals surface area contributed by atoms with E-state index in [4.69, 9.17) is 11.6 Å². The molecule has 1 aromatic carbocycles. The van der Waals surface area contributed by atoms with Gasteiger partial charge in [0.1, 0.15) is 0 Å². The minimum Gasteiger partial charge on any atom is -0.337 e. The fourth-order valence-corrected chi connectivity index (χ4v) is 2.36. The van der Waals surface area contributed by atoms with Crippen molar-refractivity contribution in [2.75, 3.05) is 26.2 Å². The van der Waals surface area contributed by atoms with Crippen molar-refractivity contribution in [3.05, 3.63) is 47.5 Å². The first kappa shape index (κ1) is 15.7. The number of hydrogen-bond donors (Lipinski definition) is 0. The van der Waals surface area contributed by atoms with Crippen LogP contribution in [0, 0.1) is 0 Å². The van der Waals surface area contributed by atoms with Crippen molar-refractivity contribution in [3.63, 3.8) is 0 Å². The molecular formula is C15H21ClN2O. The molecule has 0 spiro atoms. The highest BCUT2D eigenvalue weighted by molar-refractivity contribution is 6.30. The van der Waals surface area contributed by atoms with Gasteiger partial charge in [0.15, 0.2) is 0 Å². The van der Waals surface area contributed by atoms with E-state index in [1.54, 1.807) is 0 Å². The first-order chi connectivity index (χ1) is 8.69. The van der Waals surface area contributed by atoms with Gasteiger partial charge in [-0.2, -0.15) is 0 Å². The third-order valence-electron chi connectivity index (χ3n) is 3.15. The van der Waals surface area contributed by atoms with E-state index < -0.39 is 0 Å². The summed E-state index contributed by atoms with van der Waals surface area (Å²) >= 11 is 5.96. The monoisotopic (exact) mass is 280 g/mol. The Morgan fingerprint density at radius 3 is 2.58 bits per heavy atom. The summed E-state index contributed by atoms with van der Waals surface area (Å²) in [6.07, 6.45) is 1.38. The standard InChI is InChI=1S/C14H17ClN2O.CH4/c1-2-14(18)17-8-6-16(7-9-17)11-12-4-3-5-13(15)10-12;/h2-5,10H,1,6-9,11H2;1H4. The van der Waals surface area contributed by atoms with Crippen LogP contribution in [0.25, 0.3) is 0 Å². The lowest BCUT2D eigenvalue weighted by Gasteiger charge is -2.34. The molecule has 1 heterocycles. The Morgan fingerprint density at radius 2 is 2.00 bits per heavy atom. The normalized spacial score (nSPS) is 15.7. The van der Waals surface area contributed by atoms with Gasteiger partial charge in [0.2, 0.25) is 5.91 Å². The van der Waals surface area contributed by atoms with Crippen molar-refractivity contribution >= 4 is 17.5 Å². The first-order valence-electron chi connectivity index (χ1n) is 6.07. The number of hydrogen-bond acceptors (Lipinski definition) is 2. The average Bonchev–Trinajstić information content (AvgIpc) is 2.39. The Balaban J connectivity index is 0.00000180. The zero-order valence-corrected chi connectivity index (χ0v) is 11.1. The molecule has 0 aromatic heterocycles. The zero-order chi connectivity index (χ0) is 13.0. The van der Waals surface area contributed by atoms with Crippen LogP contribution in [-0.2, 0) is 11.3 Å². The molecule has 0 bridgehead atoms. The molecule has 0 radical (unpaired) electrons. The summed E-state index contributed by atoms with van der Waals surface area (Å²) in [5.41, 5.74) is 1.21. The summed E-state index contributed by atoms with van der Waals surface area (Å²) in [6, 6.07) is 7.91. The van der Waals surface area contributed by atoms with Crippen LogP contribution >= 0.6 is 11.6 Å². The van der Waals surface area contributed by atoms with Crippen molar-refractivity contribution < 1.29 is 4.79 Å². The van der Waals surface area contributed by atoms with E-state index in [1.807, 2.05) is 23.1 Å². The minimum atomic E-state index is 0. The van der Waals surface area contributed by atoms with Crippen molar-refractivity contribution in [2.24, 2.45) is 0 Å². The minimum absolute atomic E-state index is 0. The molecule has 1 aliphatic rings. The van der Waals surface area contributed by atoms with Gasteiger partial charge in [0.25, 0.3) is 0 Å². The van der Waals surface area contributed by atoms with Crippen molar-refractivity contribution in [2.45, 2.75) is 14.0 Å². The lowest BCUT2D eigenvalue weighted by molar-refractivity contribution is -0.127. The molecule has 1 fully saturated rings. The number of halogens is 1. The fourth-order valence-electron chi connectivity index (χ4n) is 2.15. The quantitative estimate of drug-likeness (QED) is 0.795. The van der Waals surface area contributed by atoms with Gasteiger partial charge in [-0.05, 0) is 23.8 Å². The molecule has 19 heavy (non-hydrogen) atoms. The average molecular weight is 281 g/mol. The zero-order valence-electron chi connectivity index (χ0n) is 10.3. The summed E-state index contributed by atoms with van der Waals surface area (Å²) in [4.78, 5) is 15.6. The summed E-state index contributed by atoms with van der Waals surface area (Å²) in [5, 5.41) is 0.771. The van der Waals surface area contributed by atoms with Crippen molar-refractivity contribution in [1.82, 2.24) is 9.80 Å². The van der Waals surface area contributed by atoms with Gasteiger partial charge in [-0.15, -0.1) is 0 Å². The van der Waals surface area contributed by atoms with Gasteiger partial charge < -0.3 is 4.90 Å². The molecule has 1 amide bonds. The second-order valence-electron chi connectivity index (χ2n) is 4.44. The highest BCUT2D eigenvalue weighted by atomic mass is 35.5. The highest BCUT2D eigenvalue weighted by Gasteiger charge is 2.19. The van der Waals surface area contributed by atoms with Crippen LogP contribution < -0.4 is 0 Å². The molecule has 0 saturated carbocycles. The Labute approximate surface area is 120 Å². The van der Waals surface area contributed by atoms with E-state index in [2.05, 4.69) is 17.5 Å². The lowest BCUT2D eigenvalue weighted by atomic mass is 10.2. The maximum Gasteiger partial charge on any atom is 0.246 e.